The number of aliphatic hydroxyl groups is 1. The lowest BCUT2D eigenvalue weighted by atomic mass is 9.98. The van der Waals surface area contributed by atoms with Crippen molar-refractivity contribution in [2.45, 2.75) is 63.2 Å². The third kappa shape index (κ3) is 5.47. The van der Waals surface area contributed by atoms with E-state index in [0.29, 0.717) is 32.2 Å². The summed E-state index contributed by atoms with van der Waals surface area (Å²) in [6.45, 7) is 1.61. The molecule has 0 aromatic carbocycles. The van der Waals surface area contributed by atoms with Crippen LogP contribution in [0.25, 0.3) is 0 Å². The fourth-order valence-corrected chi connectivity index (χ4v) is 2.75. The molecule has 2 rings (SSSR count). The van der Waals surface area contributed by atoms with E-state index in [0.717, 1.165) is 19.3 Å². The van der Waals surface area contributed by atoms with Gasteiger partial charge in [-0.25, -0.2) is 0 Å². The van der Waals surface area contributed by atoms with Gasteiger partial charge in [-0.15, -0.1) is 0 Å². The first-order valence-corrected chi connectivity index (χ1v) is 7.54. The van der Waals surface area contributed by atoms with Crippen LogP contribution in [-0.4, -0.2) is 49.0 Å². The molecule has 2 aliphatic rings. The number of carbonyl (C=O) groups excluding carboxylic acids is 1. The van der Waals surface area contributed by atoms with Gasteiger partial charge in [-0.05, 0) is 19.3 Å². The molecular formula is C14H26N2O3. The summed E-state index contributed by atoms with van der Waals surface area (Å²) in [5.74, 6) is 0.124. The SMILES string of the molecule is O=C1CCC(NCC(O)COC2CCCCC2)CN1. The number of hydrogen-bond donors (Lipinski definition) is 3. The lowest BCUT2D eigenvalue weighted by Gasteiger charge is -2.26. The van der Waals surface area contributed by atoms with E-state index in [1.54, 1.807) is 0 Å². The number of carbonyl (C=O) groups is 1. The van der Waals surface area contributed by atoms with Crippen LogP contribution >= 0.6 is 0 Å². The maximum absolute atomic E-state index is 11.0. The van der Waals surface area contributed by atoms with Crippen molar-refractivity contribution >= 4 is 5.91 Å². The Kier molecular flexibility index (Phi) is 6.07. The van der Waals surface area contributed by atoms with Crippen LogP contribution in [0.15, 0.2) is 0 Å². The first-order valence-electron chi connectivity index (χ1n) is 7.54. The third-order valence-electron chi connectivity index (χ3n) is 3.98. The van der Waals surface area contributed by atoms with Gasteiger partial charge in [0.2, 0.25) is 5.91 Å². The molecule has 0 aromatic rings. The highest BCUT2D eigenvalue weighted by Crippen LogP contribution is 2.20. The second-order valence-electron chi connectivity index (χ2n) is 5.70. The number of amides is 1. The van der Waals surface area contributed by atoms with Gasteiger partial charge >= 0.3 is 0 Å². The molecule has 0 radical (unpaired) electrons. The van der Waals surface area contributed by atoms with Crippen molar-refractivity contribution in [1.82, 2.24) is 10.6 Å². The lowest BCUT2D eigenvalue weighted by Crippen LogP contribution is -2.48. The molecule has 1 saturated heterocycles. The van der Waals surface area contributed by atoms with Crippen molar-refractivity contribution < 1.29 is 14.6 Å². The molecule has 1 heterocycles. The van der Waals surface area contributed by atoms with E-state index in [-0.39, 0.29) is 11.9 Å². The van der Waals surface area contributed by atoms with Crippen LogP contribution in [0.1, 0.15) is 44.9 Å². The van der Waals surface area contributed by atoms with Gasteiger partial charge in [-0.3, -0.25) is 4.79 Å². The maximum atomic E-state index is 11.0. The molecule has 19 heavy (non-hydrogen) atoms. The van der Waals surface area contributed by atoms with Crippen LogP contribution in [0.2, 0.25) is 0 Å². The van der Waals surface area contributed by atoms with Gasteiger partial charge in [0.25, 0.3) is 0 Å². The standard InChI is InChI=1S/C14H26N2O3/c17-12(10-19-13-4-2-1-3-5-13)9-15-11-6-7-14(18)16-8-11/h11-13,15,17H,1-10H2,(H,16,18). The maximum Gasteiger partial charge on any atom is 0.220 e. The van der Waals surface area contributed by atoms with Gasteiger partial charge in [0, 0.05) is 25.6 Å². The number of aliphatic hydroxyl groups excluding tert-OH is 1. The Morgan fingerprint density at radius 1 is 1.32 bits per heavy atom. The van der Waals surface area contributed by atoms with Gasteiger partial charge in [-0.1, -0.05) is 19.3 Å². The number of hydrogen-bond acceptors (Lipinski definition) is 4. The van der Waals surface area contributed by atoms with E-state index >= 15 is 0 Å². The normalized spacial score (nSPS) is 27.0. The molecule has 5 heteroatoms. The summed E-state index contributed by atoms with van der Waals surface area (Å²) in [6.07, 6.45) is 7.40. The Morgan fingerprint density at radius 3 is 2.79 bits per heavy atom. The molecule has 2 unspecified atom stereocenters. The van der Waals surface area contributed by atoms with E-state index in [1.807, 2.05) is 0 Å². The summed E-state index contributed by atoms with van der Waals surface area (Å²) in [6, 6.07) is 0.280. The van der Waals surface area contributed by atoms with Crippen molar-refractivity contribution in [3.63, 3.8) is 0 Å². The van der Waals surface area contributed by atoms with Gasteiger partial charge in [0.05, 0.1) is 18.8 Å². The fourth-order valence-electron chi connectivity index (χ4n) is 2.75. The quantitative estimate of drug-likeness (QED) is 0.660. The number of ether oxygens (including phenoxy) is 1. The number of piperidine rings is 1. The van der Waals surface area contributed by atoms with Gasteiger partial charge in [0.15, 0.2) is 0 Å². The summed E-state index contributed by atoms with van der Waals surface area (Å²) in [5.41, 5.74) is 0. The molecule has 0 bridgehead atoms. The first kappa shape index (κ1) is 14.8. The molecule has 1 amide bonds. The monoisotopic (exact) mass is 270 g/mol. The molecule has 0 aromatic heterocycles. The smallest absolute Gasteiger partial charge is 0.220 e. The zero-order valence-electron chi connectivity index (χ0n) is 11.6. The zero-order chi connectivity index (χ0) is 13.5. The molecule has 2 fully saturated rings. The highest BCUT2D eigenvalue weighted by molar-refractivity contribution is 5.76. The van der Waals surface area contributed by atoms with Crippen LogP contribution in [0.4, 0.5) is 0 Å². The molecule has 1 saturated carbocycles. The van der Waals surface area contributed by atoms with Crippen molar-refractivity contribution in [3.05, 3.63) is 0 Å². The summed E-state index contributed by atoms with van der Waals surface area (Å²) >= 11 is 0. The van der Waals surface area contributed by atoms with E-state index in [4.69, 9.17) is 4.74 Å². The van der Waals surface area contributed by atoms with E-state index in [2.05, 4.69) is 10.6 Å². The van der Waals surface area contributed by atoms with Crippen LogP contribution in [0, 0.1) is 0 Å². The average Bonchev–Trinajstić information content (AvgIpc) is 2.45. The third-order valence-corrected chi connectivity index (χ3v) is 3.98. The zero-order valence-corrected chi connectivity index (χ0v) is 11.6. The highest BCUT2D eigenvalue weighted by Gasteiger charge is 2.19. The largest absolute Gasteiger partial charge is 0.389 e. The van der Waals surface area contributed by atoms with Gasteiger partial charge in [-0.2, -0.15) is 0 Å². The Hall–Kier alpha value is -0.650. The molecular weight excluding hydrogens is 244 g/mol. The van der Waals surface area contributed by atoms with Crippen LogP contribution in [0.3, 0.4) is 0 Å². The predicted molar refractivity (Wildman–Crippen MR) is 72.9 cm³/mol. The predicted octanol–water partition coefficient (Wildman–Crippen LogP) is 0.565. The highest BCUT2D eigenvalue weighted by atomic mass is 16.5. The summed E-state index contributed by atoms with van der Waals surface area (Å²) in [4.78, 5) is 11.0. The minimum Gasteiger partial charge on any atom is -0.389 e. The minimum absolute atomic E-state index is 0.124. The van der Waals surface area contributed by atoms with Crippen molar-refractivity contribution in [2.75, 3.05) is 19.7 Å². The molecule has 3 N–H and O–H groups in total. The topological polar surface area (TPSA) is 70.6 Å². The fraction of sp³-hybridized carbons (Fsp3) is 0.929. The van der Waals surface area contributed by atoms with Gasteiger partial charge < -0.3 is 20.5 Å². The molecule has 1 aliphatic heterocycles. The molecule has 0 spiro atoms. The average molecular weight is 270 g/mol. The van der Waals surface area contributed by atoms with Crippen LogP contribution in [0.5, 0.6) is 0 Å². The Labute approximate surface area is 115 Å². The first-order chi connectivity index (χ1) is 9.24. The second kappa shape index (κ2) is 7.82. The van der Waals surface area contributed by atoms with E-state index in [9.17, 15) is 9.90 Å². The Morgan fingerprint density at radius 2 is 2.11 bits per heavy atom. The summed E-state index contributed by atoms with van der Waals surface area (Å²) < 4.78 is 5.74. The van der Waals surface area contributed by atoms with Crippen molar-refractivity contribution in [3.8, 4) is 0 Å². The summed E-state index contributed by atoms with van der Waals surface area (Å²) in [5, 5.41) is 16.0. The van der Waals surface area contributed by atoms with Crippen molar-refractivity contribution in [1.29, 1.82) is 0 Å². The number of nitrogens with one attached hydrogen (secondary N) is 2. The number of rotatable bonds is 6. The Bertz CT molecular complexity index is 270. The Balaban J connectivity index is 1.54. The second-order valence-corrected chi connectivity index (χ2v) is 5.70. The summed E-state index contributed by atoms with van der Waals surface area (Å²) in [7, 11) is 0. The molecule has 1 aliphatic carbocycles. The molecule has 2 atom stereocenters. The van der Waals surface area contributed by atoms with Crippen LogP contribution < -0.4 is 10.6 Å². The van der Waals surface area contributed by atoms with Gasteiger partial charge in [0.1, 0.15) is 0 Å². The molecule has 5 nitrogen and oxygen atoms in total. The van der Waals surface area contributed by atoms with E-state index in [1.165, 1.54) is 19.3 Å². The van der Waals surface area contributed by atoms with Crippen molar-refractivity contribution in [2.24, 2.45) is 0 Å². The van der Waals surface area contributed by atoms with E-state index < -0.39 is 6.10 Å². The molecule has 110 valence electrons. The lowest BCUT2D eigenvalue weighted by molar-refractivity contribution is -0.122. The van der Waals surface area contributed by atoms with Crippen LogP contribution in [-0.2, 0) is 9.53 Å². The minimum atomic E-state index is -0.459.